The third-order valence-corrected chi connectivity index (χ3v) is 2.12. The Labute approximate surface area is 96.8 Å². The van der Waals surface area contributed by atoms with Crippen molar-refractivity contribution in [1.29, 1.82) is 0 Å². The van der Waals surface area contributed by atoms with Gasteiger partial charge in [-0.1, -0.05) is 12.1 Å². The molecular weight excluding hydrogens is 233 g/mol. The van der Waals surface area contributed by atoms with E-state index in [0.29, 0.717) is 5.56 Å². The Kier molecular flexibility index (Phi) is 4.51. The maximum absolute atomic E-state index is 11.9. The highest BCUT2D eigenvalue weighted by atomic mass is 19.4. The van der Waals surface area contributed by atoms with Crippen molar-refractivity contribution in [3.63, 3.8) is 0 Å². The summed E-state index contributed by atoms with van der Waals surface area (Å²) in [7, 11) is 0. The van der Waals surface area contributed by atoms with Crippen LogP contribution in [0.2, 0.25) is 0 Å². The van der Waals surface area contributed by atoms with E-state index in [-0.39, 0.29) is 6.54 Å². The second-order valence-electron chi connectivity index (χ2n) is 3.53. The Morgan fingerprint density at radius 1 is 1.35 bits per heavy atom. The summed E-state index contributed by atoms with van der Waals surface area (Å²) >= 11 is 0. The number of nitrogens with one attached hydrogen (secondary N) is 1. The topological polar surface area (TPSA) is 55.1 Å². The summed E-state index contributed by atoms with van der Waals surface area (Å²) in [5, 5.41) is 2.21. The molecular formula is C11H13F3N2O. The van der Waals surface area contributed by atoms with E-state index >= 15 is 0 Å². The zero-order valence-corrected chi connectivity index (χ0v) is 9.05. The van der Waals surface area contributed by atoms with Gasteiger partial charge in [0.2, 0.25) is 0 Å². The molecule has 0 bridgehead atoms. The van der Waals surface area contributed by atoms with Crippen molar-refractivity contribution in [2.24, 2.45) is 5.73 Å². The van der Waals surface area contributed by atoms with Gasteiger partial charge in [-0.3, -0.25) is 4.79 Å². The quantitative estimate of drug-likeness (QED) is 0.851. The van der Waals surface area contributed by atoms with Crippen LogP contribution in [0.15, 0.2) is 24.3 Å². The first-order valence-electron chi connectivity index (χ1n) is 5.06. The monoisotopic (exact) mass is 246 g/mol. The molecule has 0 aromatic heterocycles. The van der Waals surface area contributed by atoms with Gasteiger partial charge >= 0.3 is 6.18 Å². The molecule has 94 valence electrons. The molecule has 0 heterocycles. The molecule has 3 nitrogen and oxygen atoms in total. The summed E-state index contributed by atoms with van der Waals surface area (Å²) in [6.45, 7) is -0.140. The van der Waals surface area contributed by atoms with Gasteiger partial charge in [-0.15, -0.1) is 0 Å². The minimum absolute atomic E-state index is 0.281. The number of benzene rings is 1. The average Bonchev–Trinajstić information content (AvgIpc) is 2.27. The highest BCUT2D eigenvalue weighted by molar-refractivity contribution is 5.94. The fraction of sp³-hybridized carbons (Fsp3) is 0.364. The smallest absolute Gasteiger partial charge is 0.352 e. The van der Waals surface area contributed by atoms with Gasteiger partial charge in [-0.05, 0) is 17.7 Å². The summed E-state index contributed by atoms with van der Waals surface area (Å²) in [5.74, 6) is -0.524. The van der Waals surface area contributed by atoms with Crippen LogP contribution in [0.25, 0.3) is 0 Å². The van der Waals surface area contributed by atoms with Gasteiger partial charge in [0, 0.05) is 18.7 Å². The second-order valence-corrected chi connectivity index (χ2v) is 3.53. The molecule has 17 heavy (non-hydrogen) atoms. The minimum Gasteiger partial charge on any atom is -0.352 e. The third kappa shape index (κ3) is 4.86. The molecule has 0 saturated carbocycles. The van der Waals surface area contributed by atoms with Gasteiger partial charge in [0.1, 0.15) is 0 Å². The number of hydrogen-bond acceptors (Lipinski definition) is 2. The molecule has 3 N–H and O–H groups in total. The molecule has 1 rings (SSSR count). The lowest BCUT2D eigenvalue weighted by Crippen LogP contribution is -2.28. The molecule has 0 aliphatic rings. The lowest BCUT2D eigenvalue weighted by Gasteiger charge is -2.08. The molecule has 0 atom stereocenters. The van der Waals surface area contributed by atoms with Gasteiger partial charge in [-0.25, -0.2) is 0 Å². The average molecular weight is 246 g/mol. The van der Waals surface area contributed by atoms with Gasteiger partial charge in [0.25, 0.3) is 5.91 Å². The molecule has 0 aliphatic carbocycles. The van der Waals surface area contributed by atoms with E-state index in [1.165, 1.54) is 6.07 Å². The molecule has 1 aromatic rings. The molecule has 6 heteroatoms. The van der Waals surface area contributed by atoms with Gasteiger partial charge < -0.3 is 11.1 Å². The Morgan fingerprint density at radius 2 is 2.06 bits per heavy atom. The molecule has 0 aliphatic heterocycles. The number of carbonyl (C=O) groups excluding carboxylic acids is 1. The predicted octanol–water partition coefficient (Wildman–Crippen LogP) is 1.83. The third-order valence-electron chi connectivity index (χ3n) is 2.12. The largest absolute Gasteiger partial charge is 0.390 e. The number of hydrogen-bond donors (Lipinski definition) is 2. The molecule has 1 aromatic carbocycles. The second kappa shape index (κ2) is 5.67. The highest BCUT2D eigenvalue weighted by Crippen LogP contribution is 2.18. The van der Waals surface area contributed by atoms with Crippen LogP contribution < -0.4 is 11.1 Å². The van der Waals surface area contributed by atoms with Crippen molar-refractivity contribution in [2.45, 2.75) is 19.1 Å². The number of alkyl halides is 3. The van der Waals surface area contributed by atoms with Crippen LogP contribution in [0, 0.1) is 0 Å². The van der Waals surface area contributed by atoms with E-state index in [2.05, 4.69) is 5.32 Å². The van der Waals surface area contributed by atoms with Crippen LogP contribution in [0.5, 0.6) is 0 Å². The zero-order chi connectivity index (χ0) is 12.9. The van der Waals surface area contributed by atoms with Crippen LogP contribution in [-0.2, 0) is 6.54 Å². The standard InChI is InChI=1S/C11H13F3N2O/c12-11(13,14)4-5-16-10(17)9-3-1-2-8(6-9)7-15/h1-3,6H,4-5,7,15H2,(H,16,17). The van der Waals surface area contributed by atoms with Crippen molar-refractivity contribution < 1.29 is 18.0 Å². The lowest BCUT2D eigenvalue weighted by atomic mass is 10.1. The van der Waals surface area contributed by atoms with E-state index in [0.717, 1.165) is 5.56 Å². The van der Waals surface area contributed by atoms with Crippen molar-refractivity contribution in [3.05, 3.63) is 35.4 Å². The van der Waals surface area contributed by atoms with Crippen LogP contribution >= 0.6 is 0 Å². The van der Waals surface area contributed by atoms with Crippen molar-refractivity contribution >= 4 is 5.91 Å². The van der Waals surface area contributed by atoms with Gasteiger partial charge in [0.15, 0.2) is 0 Å². The minimum atomic E-state index is -4.26. The number of carbonyl (C=O) groups is 1. The van der Waals surface area contributed by atoms with Crippen LogP contribution in [0.4, 0.5) is 13.2 Å². The summed E-state index contributed by atoms with van der Waals surface area (Å²) in [5.41, 5.74) is 6.47. The van der Waals surface area contributed by atoms with E-state index < -0.39 is 25.0 Å². The Balaban J connectivity index is 2.52. The molecule has 0 unspecified atom stereocenters. The van der Waals surface area contributed by atoms with E-state index in [1.807, 2.05) is 0 Å². The predicted molar refractivity (Wildman–Crippen MR) is 57.3 cm³/mol. The first-order chi connectivity index (χ1) is 7.92. The zero-order valence-electron chi connectivity index (χ0n) is 9.05. The SMILES string of the molecule is NCc1cccc(C(=O)NCCC(F)(F)F)c1. The fourth-order valence-electron chi connectivity index (χ4n) is 1.26. The summed E-state index contributed by atoms with van der Waals surface area (Å²) in [4.78, 5) is 11.5. The van der Waals surface area contributed by atoms with Crippen molar-refractivity contribution in [1.82, 2.24) is 5.32 Å². The molecule has 1 amide bonds. The highest BCUT2D eigenvalue weighted by Gasteiger charge is 2.26. The van der Waals surface area contributed by atoms with E-state index in [1.54, 1.807) is 18.2 Å². The fourth-order valence-corrected chi connectivity index (χ4v) is 1.26. The normalized spacial score (nSPS) is 11.3. The molecule has 0 radical (unpaired) electrons. The lowest BCUT2D eigenvalue weighted by molar-refractivity contribution is -0.132. The summed E-state index contributed by atoms with van der Waals surface area (Å²) < 4.78 is 35.6. The van der Waals surface area contributed by atoms with Crippen LogP contribution in [0.3, 0.4) is 0 Å². The first kappa shape index (κ1) is 13.5. The van der Waals surface area contributed by atoms with Gasteiger partial charge in [0.05, 0.1) is 6.42 Å². The summed E-state index contributed by atoms with van der Waals surface area (Å²) in [6, 6.07) is 6.47. The van der Waals surface area contributed by atoms with Crippen molar-refractivity contribution in [3.8, 4) is 0 Å². The maximum atomic E-state index is 11.9. The molecule has 0 fully saturated rings. The van der Waals surface area contributed by atoms with Crippen LogP contribution in [0.1, 0.15) is 22.3 Å². The van der Waals surface area contributed by atoms with Crippen molar-refractivity contribution in [2.75, 3.05) is 6.54 Å². The first-order valence-corrected chi connectivity index (χ1v) is 5.06. The number of nitrogens with two attached hydrogens (primary N) is 1. The van der Waals surface area contributed by atoms with Gasteiger partial charge in [-0.2, -0.15) is 13.2 Å². The number of halogens is 3. The van der Waals surface area contributed by atoms with E-state index in [9.17, 15) is 18.0 Å². The Bertz CT molecular complexity index is 391. The molecule has 0 spiro atoms. The number of rotatable bonds is 4. The molecule has 0 saturated heterocycles. The Hall–Kier alpha value is -1.56. The Morgan fingerprint density at radius 3 is 2.65 bits per heavy atom. The summed E-state index contributed by atoms with van der Waals surface area (Å²) in [6.07, 6.45) is -5.29. The number of amides is 1. The van der Waals surface area contributed by atoms with E-state index in [4.69, 9.17) is 5.73 Å². The maximum Gasteiger partial charge on any atom is 0.390 e. The van der Waals surface area contributed by atoms with Crippen LogP contribution in [-0.4, -0.2) is 18.6 Å².